The molecule has 1 amide bonds. The van der Waals surface area contributed by atoms with Crippen molar-refractivity contribution in [2.24, 2.45) is 5.41 Å². The van der Waals surface area contributed by atoms with Crippen molar-refractivity contribution < 1.29 is 9.53 Å². The first kappa shape index (κ1) is 20.2. The van der Waals surface area contributed by atoms with Crippen LogP contribution in [0.3, 0.4) is 0 Å². The van der Waals surface area contributed by atoms with Crippen LogP contribution in [0.25, 0.3) is 0 Å². The van der Waals surface area contributed by atoms with Crippen LogP contribution in [0.2, 0.25) is 0 Å². The minimum atomic E-state index is -0.351. The van der Waals surface area contributed by atoms with Crippen molar-refractivity contribution in [3.8, 4) is 5.75 Å². The van der Waals surface area contributed by atoms with E-state index < -0.39 is 0 Å². The predicted octanol–water partition coefficient (Wildman–Crippen LogP) is 6.20. The van der Waals surface area contributed by atoms with Crippen molar-refractivity contribution in [1.29, 1.82) is 0 Å². The van der Waals surface area contributed by atoms with Crippen LogP contribution < -0.4 is 9.64 Å². The Labute approximate surface area is 179 Å². The van der Waals surface area contributed by atoms with Gasteiger partial charge in [0.15, 0.2) is 0 Å². The lowest BCUT2D eigenvalue weighted by Crippen LogP contribution is -2.63. The molecule has 0 N–H and O–H groups in total. The average Bonchev–Trinajstić information content (AvgIpc) is 2.81. The first-order chi connectivity index (χ1) is 14.7. The molecule has 0 spiro atoms. The van der Waals surface area contributed by atoms with Crippen LogP contribution in [0.15, 0.2) is 84.9 Å². The van der Waals surface area contributed by atoms with E-state index in [1.807, 2.05) is 41.3 Å². The highest BCUT2D eigenvalue weighted by molar-refractivity contribution is 6.06. The molecule has 154 valence electrons. The number of amides is 1. The van der Waals surface area contributed by atoms with Gasteiger partial charge < -0.3 is 9.64 Å². The highest BCUT2D eigenvalue weighted by Gasteiger charge is 2.59. The van der Waals surface area contributed by atoms with Crippen LogP contribution in [0.4, 0.5) is 5.69 Å². The standard InChI is InChI=1S/C27H29NO2/c1-3-27(20-10-13-21-11-6-4-7-12-21)25(22-14-8-5-9-15-22)28(26(27)29)23-16-18-24(30-2)19-17-23/h4-9,11-12,14-19,25H,3,10,13,20H2,1-2H3/t25-,27-/m1/s1. The molecule has 3 aromatic rings. The topological polar surface area (TPSA) is 29.5 Å². The summed E-state index contributed by atoms with van der Waals surface area (Å²) >= 11 is 0. The minimum absolute atomic E-state index is 0.0559. The van der Waals surface area contributed by atoms with Crippen molar-refractivity contribution in [2.45, 2.75) is 38.6 Å². The molecule has 3 nitrogen and oxygen atoms in total. The van der Waals surface area contributed by atoms with E-state index in [1.54, 1.807) is 7.11 Å². The van der Waals surface area contributed by atoms with Crippen LogP contribution in [-0.4, -0.2) is 13.0 Å². The Balaban J connectivity index is 1.62. The molecule has 0 aromatic heterocycles. The number of nitrogens with zero attached hydrogens (tertiary/aromatic N) is 1. The average molecular weight is 400 g/mol. The van der Waals surface area contributed by atoms with Crippen molar-refractivity contribution in [1.82, 2.24) is 0 Å². The second kappa shape index (κ2) is 8.74. The lowest BCUT2D eigenvalue weighted by Gasteiger charge is -2.56. The number of methoxy groups -OCH3 is 1. The van der Waals surface area contributed by atoms with Crippen LogP contribution >= 0.6 is 0 Å². The van der Waals surface area contributed by atoms with Gasteiger partial charge in [-0.05, 0) is 61.1 Å². The fraction of sp³-hybridized carbons (Fsp3) is 0.296. The van der Waals surface area contributed by atoms with Crippen LogP contribution in [0.1, 0.15) is 43.4 Å². The molecule has 0 radical (unpaired) electrons. The molecular formula is C27H29NO2. The van der Waals surface area contributed by atoms with E-state index in [1.165, 1.54) is 11.1 Å². The number of carbonyl (C=O) groups is 1. The lowest BCUT2D eigenvalue weighted by atomic mass is 9.63. The highest BCUT2D eigenvalue weighted by Crippen LogP contribution is 2.56. The second-order valence-electron chi connectivity index (χ2n) is 8.04. The number of ether oxygens (including phenoxy) is 1. The summed E-state index contributed by atoms with van der Waals surface area (Å²) in [5.74, 6) is 1.03. The summed E-state index contributed by atoms with van der Waals surface area (Å²) in [4.78, 5) is 15.6. The fourth-order valence-corrected chi connectivity index (χ4v) is 4.79. The number of hydrogen-bond donors (Lipinski definition) is 0. The van der Waals surface area contributed by atoms with Crippen molar-refractivity contribution in [3.05, 3.63) is 96.1 Å². The van der Waals surface area contributed by atoms with E-state index in [2.05, 4.69) is 55.5 Å². The summed E-state index contributed by atoms with van der Waals surface area (Å²) < 4.78 is 5.29. The third-order valence-corrected chi connectivity index (χ3v) is 6.45. The number of hydrogen-bond acceptors (Lipinski definition) is 2. The van der Waals surface area contributed by atoms with Gasteiger partial charge in [-0.1, -0.05) is 67.6 Å². The summed E-state index contributed by atoms with van der Waals surface area (Å²) in [6.45, 7) is 2.15. The zero-order valence-corrected chi connectivity index (χ0v) is 17.8. The molecular weight excluding hydrogens is 370 g/mol. The van der Waals surface area contributed by atoms with E-state index >= 15 is 0 Å². The molecule has 0 aliphatic carbocycles. The maximum Gasteiger partial charge on any atom is 0.236 e. The minimum Gasteiger partial charge on any atom is -0.497 e. The number of aryl methyl sites for hydroxylation is 1. The quantitative estimate of drug-likeness (QED) is 0.422. The van der Waals surface area contributed by atoms with Crippen LogP contribution in [0, 0.1) is 5.41 Å². The Morgan fingerprint density at radius 1 is 0.900 bits per heavy atom. The molecule has 0 saturated carbocycles. The largest absolute Gasteiger partial charge is 0.497 e. The SMILES string of the molecule is CC[C@]1(CCCc2ccccc2)C(=O)N(c2ccc(OC)cc2)[C@@H]1c1ccccc1. The molecule has 4 rings (SSSR count). The van der Waals surface area contributed by atoms with Gasteiger partial charge in [0.05, 0.1) is 18.6 Å². The summed E-state index contributed by atoms with van der Waals surface area (Å²) in [6, 6.07) is 28.9. The van der Waals surface area contributed by atoms with Gasteiger partial charge in [-0.2, -0.15) is 0 Å². The van der Waals surface area contributed by atoms with E-state index in [4.69, 9.17) is 4.74 Å². The van der Waals surface area contributed by atoms with Crippen LogP contribution in [0.5, 0.6) is 5.75 Å². The Hall–Kier alpha value is -3.07. The van der Waals surface area contributed by atoms with E-state index in [0.717, 1.165) is 37.1 Å². The number of rotatable bonds is 8. The maximum atomic E-state index is 13.6. The molecule has 1 fully saturated rings. The van der Waals surface area contributed by atoms with Gasteiger partial charge in [0.1, 0.15) is 5.75 Å². The Kier molecular flexibility index (Phi) is 5.89. The predicted molar refractivity (Wildman–Crippen MR) is 122 cm³/mol. The molecule has 1 saturated heterocycles. The van der Waals surface area contributed by atoms with E-state index in [9.17, 15) is 4.79 Å². The number of benzene rings is 3. The Bertz CT molecular complexity index is 969. The molecule has 30 heavy (non-hydrogen) atoms. The summed E-state index contributed by atoms with van der Waals surface area (Å²) in [7, 11) is 1.66. The number of anilines is 1. The van der Waals surface area contributed by atoms with Gasteiger partial charge in [0.25, 0.3) is 0 Å². The maximum absolute atomic E-state index is 13.6. The van der Waals surface area contributed by atoms with Gasteiger partial charge in [0, 0.05) is 5.69 Å². The van der Waals surface area contributed by atoms with Crippen molar-refractivity contribution in [2.75, 3.05) is 12.0 Å². The number of β-lactam (4-membered cyclic amide) rings is 1. The van der Waals surface area contributed by atoms with Gasteiger partial charge in [-0.25, -0.2) is 0 Å². The second-order valence-corrected chi connectivity index (χ2v) is 8.04. The molecule has 1 aliphatic rings. The Morgan fingerprint density at radius 3 is 2.13 bits per heavy atom. The van der Waals surface area contributed by atoms with Crippen molar-refractivity contribution >= 4 is 11.6 Å². The molecule has 1 heterocycles. The molecule has 1 aliphatic heterocycles. The summed E-state index contributed by atoms with van der Waals surface area (Å²) in [5, 5.41) is 0. The van der Waals surface area contributed by atoms with E-state index in [-0.39, 0.29) is 17.4 Å². The first-order valence-electron chi connectivity index (χ1n) is 10.8. The van der Waals surface area contributed by atoms with Gasteiger partial charge in [-0.15, -0.1) is 0 Å². The monoisotopic (exact) mass is 399 g/mol. The fourth-order valence-electron chi connectivity index (χ4n) is 4.79. The third-order valence-electron chi connectivity index (χ3n) is 6.45. The van der Waals surface area contributed by atoms with Gasteiger partial charge in [-0.3, -0.25) is 4.79 Å². The smallest absolute Gasteiger partial charge is 0.236 e. The van der Waals surface area contributed by atoms with Gasteiger partial charge in [0.2, 0.25) is 5.91 Å². The normalized spacial score (nSPS) is 20.7. The summed E-state index contributed by atoms with van der Waals surface area (Å²) in [6.07, 6.45) is 3.74. The van der Waals surface area contributed by atoms with Crippen molar-refractivity contribution in [3.63, 3.8) is 0 Å². The third kappa shape index (κ3) is 3.60. The van der Waals surface area contributed by atoms with Gasteiger partial charge >= 0.3 is 0 Å². The zero-order valence-electron chi connectivity index (χ0n) is 17.8. The zero-order chi connectivity index (χ0) is 21.0. The Morgan fingerprint density at radius 2 is 1.53 bits per heavy atom. The van der Waals surface area contributed by atoms with E-state index in [0.29, 0.717) is 0 Å². The molecule has 0 unspecified atom stereocenters. The first-order valence-corrected chi connectivity index (χ1v) is 10.8. The number of carbonyl (C=O) groups excluding carboxylic acids is 1. The molecule has 0 bridgehead atoms. The molecule has 2 atom stereocenters. The molecule has 3 aromatic carbocycles. The highest BCUT2D eigenvalue weighted by atomic mass is 16.5. The summed E-state index contributed by atoms with van der Waals surface area (Å²) in [5.41, 5.74) is 3.12. The lowest BCUT2D eigenvalue weighted by molar-refractivity contribution is -0.141. The van der Waals surface area contributed by atoms with Crippen LogP contribution in [-0.2, 0) is 11.2 Å². The molecule has 3 heteroatoms.